The number of fused-ring (bicyclic) bond motifs is 3. The van der Waals surface area contributed by atoms with E-state index in [1.165, 1.54) is 28.3 Å². The lowest BCUT2D eigenvalue weighted by Crippen LogP contribution is -2.27. The van der Waals surface area contributed by atoms with E-state index in [4.69, 9.17) is 4.98 Å². The van der Waals surface area contributed by atoms with Crippen molar-refractivity contribution in [2.75, 3.05) is 0 Å². The van der Waals surface area contributed by atoms with Gasteiger partial charge in [-0.1, -0.05) is 68.4 Å². The number of aromatic nitrogens is 2. The van der Waals surface area contributed by atoms with Crippen molar-refractivity contribution in [2.45, 2.75) is 57.9 Å². The second-order valence-electron chi connectivity index (χ2n) is 10.2. The van der Waals surface area contributed by atoms with Gasteiger partial charge in [0.2, 0.25) is 0 Å². The summed E-state index contributed by atoms with van der Waals surface area (Å²) in [6.45, 7) is 8.94. The van der Waals surface area contributed by atoms with Crippen LogP contribution in [0.5, 0.6) is 0 Å². The van der Waals surface area contributed by atoms with Crippen LogP contribution in [0.25, 0.3) is 15.9 Å². The minimum absolute atomic E-state index is 0.0170. The SMILES string of the molecule is Cc1ccc(-n2c(SCc3ccccc3F)nc3sc4c(c3c2=O)CCC(C(C)(C)C)C4)cc1. The van der Waals surface area contributed by atoms with Crippen LogP contribution in [-0.4, -0.2) is 9.55 Å². The molecule has 1 unspecified atom stereocenters. The highest BCUT2D eigenvalue weighted by Crippen LogP contribution is 2.42. The maximum atomic E-state index is 14.3. The van der Waals surface area contributed by atoms with Crippen molar-refractivity contribution >= 4 is 33.3 Å². The lowest BCUT2D eigenvalue weighted by molar-refractivity contribution is 0.218. The third kappa shape index (κ3) is 4.34. The van der Waals surface area contributed by atoms with Gasteiger partial charge in [0.1, 0.15) is 10.6 Å². The Morgan fingerprint density at radius 1 is 1.15 bits per heavy atom. The van der Waals surface area contributed by atoms with Crippen molar-refractivity contribution < 1.29 is 4.39 Å². The van der Waals surface area contributed by atoms with Crippen molar-refractivity contribution in [1.82, 2.24) is 9.55 Å². The van der Waals surface area contributed by atoms with Crippen LogP contribution in [0.4, 0.5) is 4.39 Å². The van der Waals surface area contributed by atoms with E-state index in [-0.39, 0.29) is 16.8 Å². The first-order valence-corrected chi connectivity index (χ1v) is 13.5. The standard InChI is InChI=1S/C28H29FN2OS2/c1-17-9-12-20(13-10-17)31-26(32)24-21-14-11-19(28(2,3)4)15-23(21)34-25(24)30-27(31)33-16-18-7-5-6-8-22(18)29/h5-10,12-13,19H,11,14-16H2,1-4H3. The molecule has 1 aliphatic rings. The van der Waals surface area contributed by atoms with Gasteiger partial charge in [0.05, 0.1) is 11.1 Å². The number of aryl methyl sites for hydroxylation is 2. The number of thiophene rings is 1. The monoisotopic (exact) mass is 492 g/mol. The van der Waals surface area contributed by atoms with Crippen molar-refractivity contribution in [2.24, 2.45) is 11.3 Å². The van der Waals surface area contributed by atoms with Crippen LogP contribution in [-0.2, 0) is 18.6 Å². The number of halogens is 1. The maximum absolute atomic E-state index is 14.3. The fourth-order valence-electron chi connectivity index (χ4n) is 4.72. The van der Waals surface area contributed by atoms with Crippen LogP contribution >= 0.6 is 23.1 Å². The van der Waals surface area contributed by atoms with Gasteiger partial charge in [0.25, 0.3) is 5.56 Å². The van der Waals surface area contributed by atoms with Crippen LogP contribution in [0.15, 0.2) is 58.5 Å². The molecule has 0 N–H and O–H groups in total. The Morgan fingerprint density at radius 3 is 2.59 bits per heavy atom. The predicted molar refractivity (Wildman–Crippen MR) is 141 cm³/mol. The molecule has 0 bridgehead atoms. The third-order valence-corrected chi connectivity index (χ3v) is 9.02. The fourth-order valence-corrected chi connectivity index (χ4v) is 7.06. The van der Waals surface area contributed by atoms with Gasteiger partial charge in [-0.05, 0) is 66.8 Å². The summed E-state index contributed by atoms with van der Waals surface area (Å²) in [6, 6.07) is 14.7. The molecule has 2 heterocycles. The molecule has 0 fully saturated rings. The van der Waals surface area contributed by atoms with Gasteiger partial charge in [-0.25, -0.2) is 9.37 Å². The van der Waals surface area contributed by atoms with Gasteiger partial charge in [-0.3, -0.25) is 9.36 Å². The summed E-state index contributed by atoms with van der Waals surface area (Å²) >= 11 is 3.08. The summed E-state index contributed by atoms with van der Waals surface area (Å²) in [6.07, 6.45) is 3.02. The Balaban J connectivity index is 1.64. The molecule has 6 heteroatoms. The molecule has 176 valence electrons. The molecule has 34 heavy (non-hydrogen) atoms. The summed E-state index contributed by atoms with van der Waals surface area (Å²) in [5.41, 5.74) is 3.94. The van der Waals surface area contributed by atoms with Crippen LogP contribution in [0.3, 0.4) is 0 Å². The van der Waals surface area contributed by atoms with Gasteiger partial charge < -0.3 is 0 Å². The predicted octanol–water partition coefficient (Wildman–Crippen LogP) is 7.34. The number of benzene rings is 2. The first-order chi connectivity index (χ1) is 16.2. The van der Waals surface area contributed by atoms with E-state index in [1.807, 2.05) is 37.3 Å². The summed E-state index contributed by atoms with van der Waals surface area (Å²) < 4.78 is 16.0. The molecule has 4 aromatic rings. The topological polar surface area (TPSA) is 34.9 Å². The van der Waals surface area contributed by atoms with E-state index < -0.39 is 0 Å². The number of hydrogen-bond donors (Lipinski definition) is 0. The van der Waals surface area contributed by atoms with Crippen molar-refractivity contribution in [3.05, 3.63) is 86.3 Å². The zero-order valence-electron chi connectivity index (χ0n) is 20.0. The average Bonchev–Trinajstić information content (AvgIpc) is 3.17. The second-order valence-corrected chi connectivity index (χ2v) is 12.3. The molecule has 2 aromatic carbocycles. The Hall–Kier alpha value is -2.44. The molecule has 1 aliphatic carbocycles. The van der Waals surface area contributed by atoms with Gasteiger partial charge in [0, 0.05) is 10.6 Å². The highest BCUT2D eigenvalue weighted by atomic mass is 32.2. The van der Waals surface area contributed by atoms with E-state index in [9.17, 15) is 9.18 Å². The number of thioether (sulfide) groups is 1. The molecule has 1 atom stereocenters. The summed E-state index contributed by atoms with van der Waals surface area (Å²) in [5, 5.41) is 1.37. The highest BCUT2D eigenvalue weighted by molar-refractivity contribution is 7.98. The zero-order valence-corrected chi connectivity index (χ0v) is 21.7. The lowest BCUT2D eigenvalue weighted by atomic mass is 9.72. The third-order valence-electron chi connectivity index (χ3n) is 6.88. The molecule has 0 amide bonds. The van der Waals surface area contributed by atoms with Gasteiger partial charge >= 0.3 is 0 Å². The van der Waals surface area contributed by atoms with E-state index in [0.717, 1.165) is 40.7 Å². The molecule has 0 spiro atoms. The quantitative estimate of drug-likeness (QED) is 0.221. The van der Waals surface area contributed by atoms with Crippen LogP contribution in [0, 0.1) is 24.1 Å². The minimum Gasteiger partial charge on any atom is -0.268 e. The minimum atomic E-state index is -0.236. The molecule has 0 aliphatic heterocycles. The second kappa shape index (κ2) is 8.97. The highest BCUT2D eigenvalue weighted by Gasteiger charge is 2.32. The Bertz CT molecular complexity index is 1410. The molecular formula is C28H29FN2OS2. The lowest BCUT2D eigenvalue weighted by Gasteiger charge is -2.33. The Labute approximate surface area is 208 Å². The summed E-state index contributed by atoms with van der Waals surface area (Å²) in [7, 11) is 0. The molecule has 0 radical (unpaired) electrons. The molecule has 3 nitrogen and oxygen atoms in total. The van der Waals surface area contributed by atoms with Crippen molar-refractivity contribution in [1.29, 1.82) is 0 Å². The number of rotatable bonds is 4. The number of nitrogens with zero attached hydrogens (tertiary/aromatic N) is 2. The fraction of sp³-hybridized carbons (Fsp3) is 0.357. The van der Waals surface area contributed by atoms with E-state index >= 15 is 0 Å². The molecule has 0 saturated heterocycles. The van der Waals surface area contributed by atoms with Crippen LogP contribution in [0.1, 0.15) is 48.8 Å². The molecule has 5 rings (SSSR count). The normalized spacial score (nSPS) is 16.1. The van der Waals surface area contributed by atoms with Gasteiger partial charge in [0.15, 0.2) is 5.16 Å². The molecular weight excluding hydrogens is 463 g/mol. The number of hydrogen-bond acceptors (Lipinski definition) is 4. The Kier molecular flexibility index (Phi) is 6.15. The first kappa shape index (κ1) is 23.3. The van der Waals surface area contributed by atoms with Crippen molar-refractivity contribution in [3.8, 4) is 5.69 Å². The van der Waals surface area contributed by atoms with Gasteiger partial charge in [-0.15, -0.1) is 11.3 Å². The van der Waals surface area contributed by atoms with Crippen LogP contribution < -0.4 is 5.56 Å². The zero-order chi connectivity index (χ0) is 24.0. The van der Waals surface area contributed by atoms with E-state index in [2.05, 4.69) is 20.8 Å². The van der Waals surface area contributed by atoms with E-state index in [1.54, 1.807) is 28.0 Å². The largest absolute Gasteiger partial charge is 0.268 e. The Morgan fingerprint density at radius 2 is 1.88 bits per heavy atom. The summed E-state index contributed by atoms with van der Waals surface area (Å²) in [4.78, 5) is 21.1. The first-order valence-electron chi connectivity index (χ1n) is 11.7. The summed E-state index contributed by atoms with van der Waals surface area (Å²) in [5.74, 6) is 0.774. The smallest absolute Gasteiger partial charge is 0.267 e. The van der Waals surface area contributed by atoms with Crippen molar-refractivity contribution in [3.63, 3.8) is 0 Å². The molecule has 0 saturated carbocycles. The average molecular weight is 493 g/mol. The van der Waals surface area contributed by atoms with Gasteiger partial charge in [-0.2, -0.15) is 0 Å². The van der Waals surface area contributed by atoms with Crippen LogP contribution in [0.2, 0.25) is 0 Å². The maximum Gasteiger partial charge on any atom is 0.267 e. The van der Waals surface area contributed by atoms with E-state index in [0.29, 0.717) is 22.4 Å². The molecule has 2 aromatic heterocycles.